The normalized spacial score (nSPS) is 16.2. The lowest BCUT2D eigenvalue weighted by molar-refractivity contribution is -0.123. The summed E-state index contributed by atoms with van der Waals surface area (Å²) in [6.45, 7) is 0.111. The lowest BCUT2D eigenvalue weighted by Crippen LogP contribution is -2.27. The predicted molar refractivity (Wildman–Crippen MR) is 94.7 cm³/mol. The molecule has 4 nitrogen and oxygen atoms in total. The molecule has 0 bridgehead atoms. The maximum atomic E-state index is 12.5. The molecule has 1 aromatic heterocycles. The first-order chi connectivity index (χ1) is 11.1. The number of halogens is 1. The molecule has 7 heteroatoms. The van der Waals surface area contributed by atoms with E-state index in [1.165, 1.54) is 16.2 Å². The molecule has 2 amide bonds. The minimum Gasteiger partial charge on any atom is -0.268 e. The third-order valence-corrected chi connectivity index (χ3v) is 5.75. The smallest absolute Gasteiger partial charge is 0.268 e. The van der Waals surface area contributed by atoms with Crippen molar-refractivity contribution in [2.45, 2.75) is 6.54 Å². The second-order valence-electron chi connectivity index (χ2n) is 4.70. The molecule has 1 saturated heterocycles. The second kappa shape index (κ2) is 6.71. The predicted octanol–water partition coefficient (Wildman–Crippen LogP) is 4.62. The number of rotatable bonds is 3. The van der Waals surface area contributed by atoms with Gasteiger partial charge in [-0.2, -0.15) is 5.26 Å². The van der Waals surface area contributed by atoms with Crippen LogP contribution < -0.4 is 0 Å². The highest BCUT2D eigenvalue weighted by atomic mass is 79.9. The molecule has 2 aromatic rings. The van der Waals surface area contributed by atoms with Crippen molar-refractivity contribution in [3.63, 3.8) is 0 Å². The van der Waals surface area contributed by atoms with Gasteiger partial charge in [0, 0.05) is 14.7 Å². The Labute approximate surface area is 149 Å². The van der Waals surface area contributed by atoms with E-state index in [0.29, 0.717) is 16.0 Å². The number of carbonyl (C=O) groups is 2. The summed E-state index contributed by atoms with van der Waals surface area (Å²) in [5, 5.41) is 10.7. The summed E-state index contributed by atoms with van der Waals surface area (Å²) in [7, 11) is 0. The van der Waals surface area contributed by atoms with Crippen LogP contribution in [0.2, 0.25) is 0 Å². The molecule has 0 unspecified atom stereocenters. The molecule has 0 saturated carbocycles. The van der Waals surface area contributed by atoms with E-state index < -0.39 is 0 Å². The van der Waals surface area contributed by atoms with Gasteiger partial charge in [-0.05, 0) is 51.5 Å². The first kappa shape index (κ1) is 16.0. The van der Waals surface area contributed by atoms with E-state index in [1.54, 1.807) is 30.3 Å². The Morgan fingerprint density at radius 2 is 2.09 bits per heavy atom. The molecule has 2 heterocycles. The van der Waals surface area contributed by atoms with Crippen molar-refractivity contribution in [3.8, 4) is 6.07 Å². The van der Waals surface area contributed by atoms with Gasteiger partial charge < -0.3 is 0 Å². The van der Waals surface area contributed by atoms with Crippen LogP contribution in [0.3, 0.4) is 0 Å². The maximum Gasteiger partial charge on any atom is 0.293 e. The summed E-state index contributed by atoms with van der Waals surface area (Å²) in [6.07, 6.45) is 1.72. The topological polar surface area (TPSA) is 61.2 Å². The number of hydrogen-bond donors (Lipinski definition) is 0. The van der Waals surface area contributed by atoms with E-state index in [4.69, 9.17) is 5.26 Å². The molecule has 1 aromatic carbocycles. The van der Waals surface area contributed by atoms with E-state index in [2.05, 4.69) is 22.0 Å². The Morgan fingerprint density at radius 3 is 2.78 bits per heavy atom. The van der Waals surface area contributed by atoms with Crippen LogP contribution in [0.25, 0.3) is 6.08 Å². The van der Waals surface area contributed by atoms with Crippen molar-refractivity contribution in [2.75, 3.05) is 0 Å². The molecule has 1 aliphatic heterocycles. The van der Waals surface area contributed by atoms with Gasteiger partial charge in [0.15, 0.2) is 0 Å². The highest BCUT2D eigenvalue weighted by Crippen LogP contribution is 2.35. The van der Waals surface area contributed by atoms with Gasteiger partial charge in [0.25, 0.3) is 11.1 Å². The number of thioether (sulfide) groups is 1. The summed E-state index contributed by atoms with van der Waals surface area (Å²) in [4.78, 5) is 27.1. The number of thiophene rings is 1. The lowest BCUT2D eigenvalue weighted by Gasteiger charge is -2.13. The number of carbonyl (C=O) groups excluding carboxylic acids is 2. The van der Waals surface area contributed by atoms with Crippen LogP contribution in [0.4, 0.5) is 4.79 Å². The van der Waals surface area contributed by atoms with E-state index >= 15 is 0 Å². The summed E-state index contributed by atoms with van der Waals surface area (Å²) >= 11 is 5.78. The molecule has 114 valence electrons. The van der Waals surface area contributed by atoms with E-state index in [1.807, 2.05) is 11.4 Å². The van der Waals surface area contributed by atoms with Gasteiger partial charge in [-0.3, -0.25) is 14.5 Å². The van der Waals surface area contributed by atoms with Crippen molar-refractivity contribution in [2.24, 2.45) is 0 Å². The molecule has 0 atom stereocenters. The molecule has 3 rings (SSSR count). The van der Waals surface area contributed by atoms with E-state index in [9.17, 15) is 9.59 Å². The van der Waals surface area contributed by atoms with Crippen LogP contribution in [-0.4, -0.2) is 16.0 Å². The molecular formula is C16H9BrN2O2S2. The number of nitrogens with zero attached hydrogens (tertiary/aromatic N) is 2. The number of nitriles is 1. The van der Waals surface area contributed by atoms with Crippen molar-refractivity contribution < 1.29 is 9.59 Å². The second-order valence-corrected chi connectivity index (χ2v) is 7.56. The number of hydrogen-bond acceptors (Lipinski definition) is 5. The summed E-state index contributed by atoms with van der Waals surface area (Å²) < 4.78 is 0.941. The van der Waals surface area contributed by atoms with Gasteiger partial charge in [-0.25, -0.2) is 0 Å². The Hall–Kier alpha value is -1.88. The van der Waals surface area contributed by atoms with Crippen LogP contribution in [-0.2, 0) is 11.3 Å². The van der Waals surface area contributed by atoms with Crippen molar-refractivity contribution in [3.05, 3.63) is 61.1 Å². The highest BCUT2D eigenvalue weighted by molar-refractivity contribution is 9.10. The third kappa shape index (κ3) is 3.39. The zero-order valence-electron chi connectivity index (χ0n) is 11.7. The van der Waals surface area contributed by atoms with Crippen LogP contribution in [0.1, 0.15) is 16.0 Å². The largest absolute Gasteiger partial charge is 0.293 e. The van der Waals surface area contributed by atoms with Gasteiger partial charge in [0.1, 0.15) is 0 Å². The molecule has 0 spiro atoms. The lowest BCUT2D eigenvalue weighted by atomic mass is 10.1. The summed E-state index contributed by atoms with van der Waals surface area (Å²) in [5.74, 6) is -0.322. The van der Waals surface area contributed by atoms with Crippen molar-refractivity contribution in [1.29, 1.82) is 5.26 Å². The average Bonchev–Trinajstić information content (AvgIpc) is 3.06. The Kier molecular flexibility index (Phi) is 4.66. The van der Waals surface area contributed by atoms with Crippen LogP contribution >= 0.6 is 39.0 Å². The van der Waals surface area contributed by atoms with Crippen LogP contribution in [0.15, 0.2) is 45.1 Å². The number of benzene rings is 1. The minimum atomic E-state index is -0.322. The Balaban J connectivity index is 1.85. The molecule has 0 aliphatic carbocycles. The van der Waals surface area contributed by atoms with Gasteiger partial charge >= 0.3 is 0 Å². The van der Waals surface area contributed by atoms with Gasteiger partial charge in [-0.15, -0.1) is 11.3 Å². The maximum absolute atomic E-state index is 12.5. The fourth-order valence-corrected chi connectivity index (χ4v) is 4.39. The quantitative estimate of drug-likeness (QED) is 0.700. The average molecular weight is 405 g/mol. The first-order valence-corrected chi connectivity index (χ1v) is 9.05. The van der Waals surface area contributed by atoms with Crippen LogP contribution in [0.5, 0.6) is 0 Å². The first-order valence-electron chi connectivity index (χ1n) is 6.56. The fraction of sp³-hybridized carbons (Fsp3) is 0.0625. The minimum absolute atomic E-state index is 0.111. The Morgan fingerprint density at radius 1 is 1.30 bits per heavy atom. The van der Waals surface area contributed by atoms with Crippen LogP contribution in [0, 0.1) is 11.3 Å². The molecular weight excluding hydrogens is 396 g/mol. The molecule has 1 fully saturated rings. The van der Waals surface area contributed by atoms with Gasteiger partial charge in [0.05, 0.1) is 23.1 Å². The van der Waals surface area contributed by atoms with Gasteiger partial charge in [-0.1, -0.05) is 18.2 Å². The van der Waals surface area contributed by atoms with E-state index in [-0.39, 0.29) is 17.7 Å². The van der Waals surface area contributed by atoms with E-state index in [0.717, 1.165) is 21.1 Å². The third-order valence-electron chi connectivity index (χ3n) is 3.20. The standard InChI is InChI=1S/C16H9BrN2O2S2/c17-12-5-13(22-9-12)6-14-15(20)19(16(21)23-14)8-11-4-2-1-3-10(11)7-18/h1-6,9H,8H2/b14-6+. The number of imide groups is 1. The zero-order valence-corrected chi connectivity index (χ0v) is 14.9. The van der Waals surface area contributed by atoms with Crippen molar-refractivity contribution >= 4 is 56.3 Å². The highest BCUT2D eigenvalue weighted by Gasteiger charge is 2.35. The molecule has 0 N–H and O–H groups in total. The monoisotopic (exact) mass is 404 g/mol. The molecule has 23 heavy (non-hydrogen) atoms. The molecule has 1 aliphatic rings. The Bertz CT molecular complexity index is 867. The zero-order chi connectivity index (χ0) is 16.4. The number of amides is 2. The fourth-order valence-electron chi connectivity index (χ4n) is 2.11. The summed E-state index contributed by atoms with van der Waals surface area (Å²) in [6, 6.07) is 10.9. The molecule has 0 radical (unpaired) electrons. The van der Waals surface area contributed by atoms with Crippen molar-refractivity contribution in [1.82, 2.24) is 4.90 Å². The van der Waals surface area contributed by atoms with Gasteiger partial charge in [0.2, 0.25) is 0 Å². The summed E-state index contributed by atoms with van der Waals surface area (Å²) in [5.41, 5.74) is 1.13. The SMILES string of the molecule is N#Cc1ccccc1CN1C(=O)S/C(=C/c2cc(Br)cs2)C1=O.